The second kappa shape index (κ2) is 10.1. The zero-order valence-electron chi connectivity index (χ0n) is 16.9. The largest absolute Gasteiger partial charge is 0.488 e. The molecule has 0 radical (unpaired) electrons. The van der Waals surface area contributed by atoms with E-state index in [9.17, 15) is 4.79 Å². The van der Waals surface area contributed by atoms with Gasteiger partial charge in [-0.15, -0.1) is 0 Å². The number of hydrogen-bond acceptors (Lipinski definition) is 4. The standard InChI is InChI=1S/C24H17BrCl2N2O2S/c1-14-5-7-15(8-6-14)13-31-20-10-9-16(11-17(20)25)12-21-23(30)29-24(32-21)28-19-4-2-3-18(26)22(19)27/h2-12H,13H2,1H3,(H,28,29,30)/b21-12-. The molecule has 0 atom stereocenters. The molecule has 1 N–H and O–H groups in total. The molecule has 1 aliphatic rings. The number of ether oxygens (including phenoxy) is 1. The molecule has 0 saturated carbocycles. The molecule has 0 aromatic heterocycles. The van der Waals surface area contributed by atoms with Crippen LogP contribution in [0, 0.1) is 6.92 Å². The summed E-state index contributed by atoms with van der Waals surface area (Å²) in [6.07, 6.45) is 1.80. The molecule has 1 saturated heterocycles. The minimum Gasteiger partial charge on any atom is -0.488 e. The Morgan fingerprint density at radius 2 is 1.91 bits per heavy atom. The van der Waals surface area contributed by atoms with Crippen molar-refractivity contribution in [1.82, 2.24) is 5.32 Å². The van der Waals surface area contributed by atoms with Crippen LogP contribution in [-0.2, 0) is 11.4 Å². The van der Waals surface area contributed by atoms with E-state index in [0.29, 0.717) is 32.4 Å². The highest BCUT2D eigenvalue weighted by atomic mass is 79.9. The van der Waals surface area contributed by atoms with Crippen molar-refractivity contribution >= 4 is 73.7 Å². The normalized spacial score (nSPS) is 15.9. The minimum absolute atomic E-state index is 0.220. The first-order chi connectivity index (χ1) is 15.4. The average Bonchev–Trinajstić information content (AvgIpc) is 3.10. The molecule has 0 aliphatic carbocycles. The highest BCUT2D eigenvalue weighted by Gasteiger charge is 2.24. The second-order valence-electron chi connectivity index (χ2n) is 7.02. The number of nitrogens with zero attached hydrogens (tertiary/aromatic N) is 1. The van der Waals surface area contributed by atoms with Crippen molar-refractivity contribution in [3.8, 4) is 5.75 Å². The van der Waals surface area contributed by atoms with Crippen molar-refractivity contribution in [3.63, 3.8) is 0 Å². The smallest absolute Gasteiger partial charge is 0.264 e. The Labute approximate surface area is 208 Å². The summed E-state index contributed by atoms with van der Waals surface area (Å²) in [6, 6.07) is 19.1. The van der Waals surface area contributed by atoms with Crippen molar-refractivity contribution in [3.05, 3.63) is 96.8 Å². The molecular weight excluding hydrogens is 531 g/mol. The van der Waals surface area contributed by atoms with Gasteiger partial charge in [0, 0.05) is 0 Å². The van der Waals surface area contributed by atoms with Crippen LogP contribution in [0.3, 0.4) is 0 Å². The Balaban J connectivity index is 1.47. The van der Waals surface area contributed by atoms with Gasteiger partial charge in [0.25, 0.3) is 5.91 Å². The molecule has 1 heterocycles. The maximum Gasteiger partial charge on any atom is 0.264 e. The van der Waals surface area contributed by atoms with Gasteiger partial charge in [-0.25, -0.2) is 4.99 Å². The van der Waals surface area contributed by atoms with Crippen LogP contribution in [0.2, 0.25) is 10.0 Å². The van der Waals surface area contributed by atoms with E-state index in [0.717, 1.165) is 21.3 Å². The van der Waals surface area contributed by atoms with Gasteiger partial charge in [0.05, 0.1) is 25.1 Å². The zero-order chi connectivity index (χ0) is 22.7. The number of aryl methyl sites for hydroxylation is 1. The Bertz CT molecular complexity index is 1240. The highest BCUT2D eigenvalue weighted by molar-refractivity contribution is 9.10. The molecule has 0 spiro atoms. The van der Waals surface area contributed by atoms with Crippen molar-refractivity contribution < 1.29 is 9.53 Å². The molecule has 162 valence electrons. The van der Waals surface area contributed by atoms with Crippen LogP contribution >= 0.6 is 50.9 Å². The quantitative estimate of drug-likeness (QED) is 0.336. The summed E-state index contributed by atoms with van der Waals surface area (Å²) in [4.78, 5) is 17.3. The highest BCUT2D eigenvalue weighted by Crippen LogP contribution is 2.35. The van der Waals surface area contributed by atoms with Crippen molar-refractivity contribution in [2.75, 3.05) is 0 Å². The number of aliphatic imine (C=N–C) groups is 1. The van der Waals surface area contributed by atoms with Gasteiger partial charge < -0.3 is 10.1 Å². The summed E-state index contributed by atoms with van der Waals surface area (Å²) in [5, 5.41) is 3.96. The number of rotatable bonds is 5. The summed E-state index contributed by atoms with van der Waals surface area (Å²) in [6.45, 7) is 2.53. The number of halogens is 3. The maximum absolute atomic E-state index is 12.4. The van der Waals surface area contributed by atoms with Crippen molar-refractivity contribution in [2.45, 2.75) is 13.5 Å². The summed E-state index contributed by atoms with van der Waals surface area (Å²) in [5.74, 6) is 0.511. The van der Waals surface area contributed by atoms with E-state index in [1.54, 1.807) is 24.3 Å². The molecule has 4 rings (SSSR count). The van der Waals surface area contributed by atoms with E-state index in [2.05, 4.69) is 45.3 Å². The number of nitrogens with one attached hydrogen (secondary N) is 1. The van der Waals surface area contributed by atoms with Crippen molar-refractivity contribution in [1.29, 1.82) is 0 Å². The van der Waals surface area contributed by atoms with E-state index in [-0.39, 0.29) is 5.91 Å². The molecule has 8 heteroatoms. The number of carbonyl (C=O) groups excluding carboxylic acids is 1. The topological polar surface area (TPSA) is 50.7 Å². The van der Waals surface area contributed by atoms with Gasteiger partial charge in [0.1, 0.15) is 12.4 Å². The van der Waals surface area contributed by atoms with Crippen LogP contribution in [0.15, 0.2) is 75.0 Å². The molecule has 32 heavy (non-hydrogen) atoms. The van der Waals surface area contributed by atoms with E-state index in [1.807, 2.05) is 30.3 Å². The molecular formula is C24H17BrCl2N2O2S. The number of carbonyl (C=O) groups is 1. The van der Waals surface area contributed by atoms with Gasteiger partial charge in [-0.3, -0.25) is 4.79 Å². The second-order valence-corrected chi connectivity index (χ2v) is 9.69. The fourth-order valence-electron chi connectivity index (χ4n) is 2.89. The Morgan fingerprint density at radius 3 is 2.66 bits per heavy atom. The molecule has 4 nitrogen and oxygen atoms in total. The van der Waals surface area contributed by atoms with Gasteiger partial charge in [0.15, 0.2) is 5.17 Å². The van der Waals surface area contributed by atoms with Crippen LogP contribution in [0.4, 0.5) is 5.69 Å². The third kappa shape index (κ3) is 5.56. The summed E-state index contributed by atoms with van der Waals surface area (Å²) >= 11 is 17.0. The van der Waals surface area contributed by atoms with Crippen LogP contribution in [0.5, 0.6) is 5.75 Å². The van der Waals surface area contributed by atoms with Gasteiger partial charge in [-0.1, -0.05) is 65.2 Å². The average molecular weight is 548 g/mol. The molecule has 1 aliphatic heterocycles. The van der Waals surface area contributed by atoms with Gasteiger partial charge in [-0.05, 0) is 76.1 Å². The van der Waals surface area contributed by atoms with E-state index < -0.39 is 0 Å². The molecule has 0 bridgehead atoms. The number of amidine groups is 1. The van der Waals surface area contributed by atoms with Gasteiger partial charge in [-0.2, -0.15) is 0 Å². The lowest BCUT2D eigenvalue weighted by Crippen LogP contribution is -2.19. The Kier molecular flexibility index (Phi) is 7.26. The lowest BCUT2D eigenvalue weighted by Gasteiger charge is -2.09. The molecule has 3 aromatic carbocycles. The monoisotopic (exact) mass is 546 g/mol. The fraction of sp³-hybridized carbons (Fsp3) is 0.0833. The van der Waals surface area contributed by atoms with Crippen molar-refractivity contribution in [2.24, 2.45) is 4.99 Å². The summed E-state index contributed by atoms with van der Waals surface area (Å²) in [5.41, 5.74) is 3.67. The van der Waals surface area contributed by atoms with Crippen LogP contribution in [0.25, 0.3) is 6.08 Å². The first kappa shape index (κ1) is 22.9. The first-order valence-electron chi connectivity index (χ1n) is 9.60. The first-order valence-corrected chi connectivity index (χ1v) is 12.0. The fourth-order valence-corrected chi connectivity index (χ4v) is 4.57. The Morgan fingerprint density at radius 1 is 1.12 bits per heavy atom. The molecule has 0 unspecified atom stereocenters. The predicted molar refractivity (Wildman–Crippen MR) is 137 cm³/mol. The molecule has 1 amide bonds. The molecule has 1 fully saturated rings. The SMILES string of the molecule is Cc1ccc(COc2ccc(/C=C3\SC(=Nc4cccc(Cl)c4Cl)NC3=O)cc2Br)cc1. The van der Waals surface area contributed by atoms with Crippen LogP contribution in [-0.4, -0.2) is 11.1 Å². The number of benzene rings is 3. The van der Waals surface area contributed by atoms with E-state index in [1.165, 1.54) is 17.3 Å². The van der Waals surface area contributed by atoms with E-state index in [4.69, 9.17) is 27.9 Å². The predicted octanol–water partition coefficient (Wildman–Crippen LogP) is 7.53. The lowest BCUT2D eigenvalue weighted by molar-refractivity contribution is -0.115. The van der Waals surface area contributed by atoms with Gasteiger partial charge in [0.2, 0.25) is 0 Å². The minimum atomic E-state index is -0.220. The van der Waals surface area contributed by atoms with E-state index >= 15 is 0 Å². The third-order valence-electron chi connectivity index (χ3n) is 4.57. The van der Waals surface area contributed by atoms with Crippen LogP contribution < -0.4 is 10.1 Å². The Hall–Kier alpha value is -2.25. The van der Waals surface area contributed by atoms with Gasteiger partial charge >= 0.3 is 0 Å². The number of amides is 1. The third-order valence-corrected chi connectivity index (χ3v) is 6.91. The summed E-state index contributed by atoms with van der Waals surface area (Å²) in [7, 11) is 0. The number of thioether (sulfide) groups is 1. The summed E-state index contributed by atoms with van der Waals surface area (Å²) < 4.78 is 6.73. The zero-order valence-corrected chi connectivity index (χ0v) is 20.8. The number of hydrogen-bond donors (Lipinski definition) is 1. The van der Waals surface area contributed by atoms with Crippen LogP contribution in [0.1, 0.15) is 16.7 Å². The maximum atomic E-state index is 12.4. The lowest BCUT2D eigenvalue weighted by atomic mass is 10.1. The molecule has 3 aromatic rings.